The lowest BCUT2D eigenvalue weighted by Gasteiger charge is -2.37. The Morgan fingerprint density at radius 3 is 2.71 bits per heavy atom. The van der Waals surface area contributed by atoms with Gasteiger partial charge in [0.2, 0.25) is 0 Å². The minimum atomic E-state index is -0.234. The molecule has 0 aliphatic carbocycles. The molecule has 0 fully saturated rings. The molecular weight excluding hydrogens is 302 g/mol. The number of amides is 1. The summed E-state index contributed by atoms with van der Waals surface area (Å²) in [5, 5.41) is 3.50. The first-order chi connectivity index (χ1) is 11.6. The predicted molar refractivity (Wildman–Crippen MR) is 91.7 cm³/mol. The Morgan fingerprint density at radius 2 is 2.00 bits per heavy atom. The molecule has 0 unspecified atom stereocenters. The fourth-order valence-corrected chi connectivity index (χ4v) is 3.30. The Morgan fingerprint density at radius 1 is 1.17 bits per heavy atom. The van der Waals surface area contributed by atoms with Gasteiger partial charge < -0.3 is 19.6 Å². The molecule has 24 heavy (non-hydrogen) atoms. The number of furan rings is 1. The van der Waals surface area contributed by atoms with E-state index in [1.54, 1.807) is 6.26 Å². The van der Waals surface area contributed by atoms with Crippen LogP contribution in [0.15, 0.2) is 53.1 Å². The standard InChI is InChI=1S/C19H19N3O2/c1-12-10-16(13(2)20-12)18-21-17-8-4-3-7-15(17)19(23)22(18)11-14-6-5-9-24-14/h3-10,18,20-21H,11H2,1-2H3/t18-/m1/s1. The lowest BCUT2D eigenvalue weighted by Crippen LogP contribution is -2.42. The molecule has 122 valence electrons. The van der Waals surface area contributed by atoms with Gasteiger partial charge in [0.15, 0.2) is 0 Å². The van der Waals surface area contributed by atoms with Gasteiger partial charge in [-0.15, -0.1) is 0 Å². The highest BCUT2D eigenvalue weighted by atomic mass is 16.3. The van der Waals surface area contributed by atoms with Crippen LogP contribution in [0.3, 0.4) is 0 Å². The van der Waals surface area contributed by atoms with Gasteiger partial charge in [-0.3, -0.25) is 4.79 Å². The Bertz CT molecular complexity index is 880. The Kier molecular flexibility index (Phi) is 3.41. The molecule has 3 heterocycles. The molecule has 5 nitrogen and oxygen atoms in total. The van der Waals surface area contributed by atoms with Gasteiger partial charge in [0.05, 0.1) is 18.4 Å². The molecule has 0 bridgehead atoms. The molecule has 1 aromatic carbocycles. The summed E-state index contributed by atoms with van der Waals surface area (Å²) in [6.45, 7) is 4.47. The minimum absolute atomic E-state index is 0.00371. The van der Waals surface area contributed by atoms with Gasteiger partial charge in [-0.25, -0.2) is 0 Å². The van der Waals surface area contributed by atoms with Crippen LogP contribution in [0.1, 0.15) is 39.2 Å². The lowest BCUT2D eigenvalue weighted by atomic mass is 10.0. The summed E-state index contributed by atoms with van der Waals surface area (Å²) in [6, 6.07) is 13.4. The highest BCUT2D eigenvalue weighted by Gasteiger charge is 2.34. The number of hydrogen-bond donors (Lipinski definition) is 2. The molecule has 2 N–H and O–H groups in total. The lowest BCUT2D eigenvalue weighted by molar-refractivity contribution is 0.0651. The summed E-state index contributed by atoms with van der Waals surface area (Å²) in [6.07, 6.45) is 1.40. The van der Waals surface area contributed by atoms with Crippen LogP contribution in [0.2, 0.25) is 0 Å². The van der Waals surface area contributed by atoms with Crippen LogP contribution in [0.4, 0.5) is 5.69 Å². The summed E-state index contributed by atoms with van der Waals surface area (Å²) in [4.78, 5) is 18.2. The van der Waals surface area contributed by atoms with E-state index >= 15 is 0 Å². The Labute approximate surface area is 140 Å². The van der Waals surface area contributed by atoms with E-state index in [1.807, 2.05) is 55.1 Å². The second-order valence-electron chi connectivity index (χ2n) is 6.14. The number of anilines is 1. The van der Waals surface area contributed by atoms with Crippen molar-refractivity contribution in [2.45, 2.75) is 26.6 Å². The van der Waals surface area contributed by atoms with Crippen molar-refractivity contribution < 1.29 is 9.21 Å². The van der Waals surface area contributed by atoms with Crippen molar-refractivity contribution in [3.8, 4) is 0 Å². The number of carbonyl (C=O) groups is 1. The number of aromatic amines is 1. The molecule has 0 radical (unpaired) electrons. The van der Waals surface area contributed by atoms with Crippen LogP contribution in [0.25, 0.3) is 0 Å². The van der Waals surface area contributed by atoms with E-state index in [9.17, 15) is 4.79 Å². The number of fused-ring (bicyclic) bond motifs is 1. The fraction of sp³-hybridized carbons (Fsp3) is 0.211. The average molecular weight is 321 g/mol. The zero-order chi connectivity index (χ0) is 16.7. The molecule has 2 aromatic heterocycles. The smallest absolute Gasteiger partial charge is 0.258 e. The third kappa shape index (κ3) is 2.38. The molecule has 1 amide bonds. The molecule has 0 saturated heterocycles. The van der Waals surface area contributed by atoms with Gasteiger partial charge in [0.1, 0.15) is 11.9 Å². The van der Waals surface area contributed by atoms with E-state index in [4.69, 9.17) is 4.42 Å². The van der Waals surface area contributed by atoms with E-state index < -0.39 is 0 Å². The first-order valence-electron chi connectivity index (χ1n) is 7.98. The largest absolute Gasteiger partial charge is 0.467 e. The van der Waals surface area contributed by atoms with E-state index in [2.05, 4.69) is 16.4 Å². The molecule has 1 aliphatic rings. The summed E-state index contributed by atoms with van der Waals surface area (Å²) in [5.41, 5.74) is 4.75. The second-order valence-corrected chi connectivity index (χ2v) is 6.14. The van der Waals surface area contributed by atoms with Crippen LogP contribution in [0.5, 0.6) is 0 Å². The van der Waals surface area contributed by atoms with Crippen LogP contribution >= 0.6 is 0 Å². The highest BCUT2D eigenvalue weighted by molar-refractivity contribution is 6.01. The summed E-state index contributed by atoms with van der Waals surface area (Å²) >= 11 is 0. The van der Waals surface area contributed by atoms with Crippen molar-refractivity contribution in [3.05, 3.63) is 77.0 Å². The maximum Gasteiger partial charge on any atom is 0.258 e. The number of rotatable bonds is 3. The number of hydrogen-bond acceptors (Lipinski definition) is 3. The number of carbonyl (C=O) groups excluding carboxylic acids is 1. The third-order valence-electron chi connectivity index (χ3n) is 4.41. The van der Waals surface area contributed by atoms with Crippen molar-refractivity contribution in [3.63, 3.8) is 0 Å². The zero-order valence-corrected chi connectivity index (χ0v) is 13.7. The maximum atomic E-state index is 13.1. The average Bonchev–Trinajstić information content (AvgIpc) is 3.19. The number of nitrogens with one attached hydrogen (secondary N) is 2. The van der Waals surface area contributed by atoms with E-state index in [0.29, 0.717) is 12.1 Å². The van der Waals surface area contributed by atoms with Gasteiger partial charge >= 0.3 is 0 Å². The molecular formula is C19H19N3O2. The first kappa shape index (κ1) is 14.6. The SMILES string of the molecule is Cc1cc([C@@H]2Nc3ccccc3C(=O)N2Cc2ccco2)c(C)[nH]1. The van der Waals surface area contributed by atoms with Crippen LogP contribution in [0, 0.1) is 13.8 Å². The number of para-hydroxylation sites is 1. The van der Waals surface area contributed by atoms with E-state index in [1.165, 1.54) is 0 Å². The monoisotopic (exact) mass is 321 g/mol. The molecule has 5 heteroatoms. The number of benzene rings is 1. The Hall–Kier alpha value is -2.95. The van der Waals surface area contributed by atoms with Crippen molar-refractivity contribution in [2.75, 3.05) is 5.32 Å². The number of aryl methyl sites for hydroxylation is 2. The summed E-state index contributed by atoms with van der Waals surface area (Å²) in [5.74, 6) is 0.767. The second kappa shape index (κ2) is 5.60. The first-order valence-corrected chi connectivity index (χ1v) is 7.98. The normalized spacial score (nSPS) is 16.8. The van der Waals surface area contributed by atoms with Crippen molar-refractivity contribution >= 4 is 11.6 Å². The quantitative estimate of drug-likeness (QED) is 0.767. The Balaban J connectivity index is 1.79. The van der Waals surface area contributed by atoms with E-state index in [-0.39, 0.29) is 12.1 Å². The van der Waals surface area contributed by atoms with E-state index in [0.717, 1.165) is 28.4 Å². The van der Waals surface area contributed by atoms with Gasteiger partial charge in [0.25, 0.3) is 5.91 Å². The van der Waals surface area contributed by atoms with Crippen LogP contribution < -0.4 is 5.32 Å². The van der Waals surface area contributed by atoms with Crippen LogP contribution in [-0.2, 0) is 6.54 Å². The summed E-state index contributed by atoms with van der Waals surface area (Å²) < 4.78 is 5.46. The molecule has 0 saturated carbocycles. The molecule has 4 rings (SSSR count). The van der Waals surface area contributed by atoms with Gasteiger partial charge in [-0.1, -0.05) is 12.1 Å². The predicted octanol–water partition coefficient (Wildman–Crippen LogP) is 3.99. The van der Waals surface area contributed by atoms with Gasteiger partial charge in [-0.2, -0.15) is 0 Å². The summed E-state index contributed by atoms with van der Waals surface area (Å²) in [7, 11) is 0. The molecule has 1 aliphatic heterocycles. The van der Waals surface area contributed by atoms with Gasteiger partial charge in [0, 0.05) is 22.6 Å². The van der Waals surface area contributed by atoms with Crippen molar-refractivity contribution in [1.82, 2.24) is 9.88 Å². The zero-order valence-electron chi connectivity index (χ0n) is 13.7. The number of H-pyrrole nitrogens is 1. The maximum absolute atomic E-state index is 13.1. The van der Waals surface area contributed by atoms with Crippen molar-refractivity contribution in [2.24, 2.45) is 0 Å². The number of nitrogens with zero attached hydrogens (tertiary/aromatic N) is 1. The molecule has 0 spiro atoms. The fourth-order valence-electron chi connectivity index (χ4n) is 3.30. The highest BCUT2D eigenvalue weighted by Crippen LogP contribution is 2.35. The molecule has 3 aromatic rings. The van der Waals surface area contributed by atoms with Crippen LogP contribution in [-0.4, -0.2) is 15.8 Å². The topological polar surface area (TPSA) is 61.3 Å². The molecule has 1 atom stereocenters. The number of aromatic nitrogens is 1. The third-order valence-corrected chi connectivity index (χ3v) is 4.41. The minimum Gasteiger partial charge on any atom is -0.467 e. The van der Waals surface area contributed by atoms with Gasteiger partial charge in [-0.05, 0) is 44.2 Å². The van der Waals surface area contributed by atoms with Crippen molar-refractivity contribution in [1.29, 1.82) is 0 Å².